The van der Waals surface area contributed by atoms with E-state index < -0.39 is 11.9 Å². The number of ether oxygens (including phenoxy) is 2. The van der Waals surface area contributed by atoms with Gasteiger partial charge in [-0.15, -0.1) is 0 Å². The summed E-state index contributed by atoms with van der Waals surface area (Å²) in [5.74, 6) is -0.427. The molecule has 0 bridgehead atoms. The lowest BCUT2D eigenvalue weighted by Crippen LogP contribution is -2.12. The molecule has 1 N–H and O–H groups in total. The van der Waals surface area contributed by atoms with Crippen molar-refractivity contribution in [3.05, 3.63) is 39.3 Å². The number of carbonyl (C=O) groups excluding carboxylic acids is 1. The maximum Gasteiger partial charge on any atom is 0.308 e. The molecule has 0 unspecified atom stereocenters. The maximum absolute atomic E-state index is 11.8. The van der Waals surface area contributed by atoms with E-state index in [-0.39, 0.29) is 19.6 Å². The molecule has 2 heterocycles. The van der Waals surface area contributed by atoms with Gasteiger partial charge in [-0.3, -0.25) is 14.6 Å². The first-order valence-corrected chi connectivity index (χ1v) is 11.5. The van der Waals surface area contributed by atoms with Crippen LogP contribution in [0.3, 0.4) is 0 Å². The van der Waals surface area contributed by atoms with Crippen molar-refractivity contribution in [1.82, 2.24) is 15.0 Å². The van der Waals surface area contributed by atoms with Crippen LogP contribution < -0.4 is 4.74 Å². The summed E-state index contributed by atoms with van der Waals surface area (Å²) in [6.45, 7) is -0.257. The molecule has 0 amide bonds. The number of unbranched alkanes of at least 4 members (excludes halogenated alkanes) is 1. The lowest BCUT2D eigenvalue weighted by Gasteiger charge is -2.12. The number of hydrogen-bond donors (Lipinski definition) is 1. The first-order chi connectivity index (χ1) is 14.9. The summed E-state index contributed by atoms with van der Waals surface area (Å²) in [4.78, 5) is 35.3. The number of carbonyl (C=O) groups is 2. The van der Waals surface area contributed by atoms with Crippen molar-refractivity contribution in [2.45, 2.75) is 55.9 Å². The zero-order valence-electron chi connectivity index (χ0n) is 16.6. The molecule has 0 radical (unpaired) electrons. The summed E-state index contributed by atoms with van der Waals surface area (Å²) in [5.41, 5.74) is 2.62. The Morgan fingerprint density at radius 1 is 1.10 bits per heavy atom. The second kappa shape index (κ2) is 11.5. The molecule has 31 heavy (non-hydrogen) atoms. The van der Waals surface area contributed by atoms with Crippen molar-refractivity contribution in [3.8, 4) is 5.88 Å². The first kappa shape index (κ1) is 23.6. The van der Waals surface area contributed by atoms with E-state index in [1.165, 1.54) is 24.2 Å². The summed E-state index contributed by atoms with van der Waals surface area (Å²) >= 11 is 13.7. The van der Waals surface area contributed by atoms with Crippen molar-refractivity contribution in [1.29, 1.82) is 0 Å². The van der Waals surface area contributed by atoms with E-state index in [2.05, 4.69) is 15.0 Å². The second-order valence-corrected chi connectivity index (χ2v) is 8.60. The van der Waals surface area contributed by atoms with Crippen molar-refractivity contribution in [3.63, 3.8) is 0 Å². The molecule has 0 saturated carbocycles. The Bertz CT molecular complexity index is 940. The van der Waals surface area contributed by atoms with Gasteiger partial charge >= 0.3 is 11.9 Å². The van der Waals surface area contributed by atoms with Crippen LogP contribution in [-0.2, 0) is 32.9 Å². The number of halogens is 2. The normalized spacial score (nSPS) is 12.5. The molecule has 1 aliphatic carbocycles. The van der Waals surface area contributed by atoms with Gasteiger partial charge in [-0.2, -0.15) is 4.98 Å². The average molecular weight is 486 g/mol. The number of aliphatic carboxylic acids is 1. The molecule has 11 heteroatoms. The van der Waals surface area contributed by atoms with Gasteiger partial charge in [-0.05, 0) is 32.1 Å². The molecule has 0 saturated heterocycles. The highest BCUT2D eigenvalue weighted by Gasteiger charge is 2.21. The van der Waals surface area contributed by atoms with Crippen LogP contribution in [0.4, 0.5) is 0 Å². The smallest absolute Gasteiger partial charge is 0.308 e. The molecular weight excluding hydrogens is 465 g/mol. The van der Waals surface area contributed by atoms with Crippen LogP contribution in [0.5, 0.6) is 5.88 Å². The number of carboxylic acid groups (broad SMARTS) is 1. The molecule has 0 aliphatic heterocycles. The Morgan fingerprint density at radius 3 is 2.58 bits per heavy atom. The van der Waals surface area contributed by atoms with Crippen LogP contribution >= 0.6 is 35.0 Å². The molecule has 0 atom stereocenters. The SMILES string of the molecule is O=C(O)CCCCC(=O)OCOc1nc(SCc2c(Cl)cncc2Cl)nc2c1CCC2. The third-order valence-electron chi connectivity index (χ3n) is 4.61. The average Bonchev–Trinajstić information content (AvgIpc) is 3.19. The van der Waals surface area contributed by atoms with Crippen molar-refractivity contribution in [2.75, 3.05) is 6.79 Å². The predicted molar refractivity (Wildman–Crippen MR) is 116 cm³/mol. The van der Waals surface area contributed by atoms with Crippen LogP contribution in [0.1, 0.15) is 48.9 Å². The first-order valence-electron chi connectivity index (χ1n) is 9.74. The van der Waals surface area contributed by atoms with Crippen LogP contribution in [0, 0.1) is 0 Å². The van der Waals surface area contributed by atoms with Gasteiger partial charge in [0.1, 0.15) is 0 Å². The van der Waals surface area contributed by atoms with Gasteiger partial charge < -0.3 is 14.6 Å². The number of esters is 1. The number of carboxylic acids is 1. The van der Waals surface area contributed by atoms with Crippen molar-refractivity contribution < 1.29 is 24.2 Å². The van der Waals surface area contributed by atoms with Crippen LogP contribution in [0.15, 0.2) is 17.6 Å². The maximum atomic E-state index is 11.8. The molecule has 166 valence electrons. The topological polar surface area (TPSA) is 112 Å². The number of hydrogen-bond acceptors (Lipinski definition) is 8. The monoisotopic (exact) mass is 485 g/mol. The second-order valence-electron chi connectivity index (χ2n) is 6.84. The van der Waals surface area contributed by atoms with Gasteiger partial charge in [0.05, 0.1) is 15.7 Å². The van der Waals surface area contributed by atoms with Gasteiger partial charge in [0.15, 0.2) is 5.16 Å². The molecule has 1 aliphatic rings. The van der Waals surface area contributed by atoms with Gasteiger partial charge in [-0.25, -0.2) is 4.98 Å². The lowest BCUT2D eigenvalue weighted by atomic mass is 10.2. The van der Waals surface area contributed by atoms with Crippen molar-refractivity contribution in [2.24, 2.45) is 0 Å². The van der Waals surface area contributed by atoms with E-state index in [0.717, 1.165) is 36.1 Å². The number of fused-ring (bicyclic) bond motifs is 1. The fourth-order valence-corrected chi connectivity index (χ4v) is 4.61. The van der Waals surface area contributed by atoms with E-state index in [4.69, 9.17) is 37.8 Å². The molecule has 2 aromatic heterocycles. The van der Waals surface area contributed by atoms with Crippen LogP contribution in [0.2, 0.25) is 10.0 Å². The summed E-state index contributed by atoms with van der Waals surface area (Å²) in [7, 11) is 0. The Hall–Kier alpha value is -2.10. The minimum atomic E-state index is -0.878. The number of aromatic nitrogens is 3. The van der Waals surface area contributed by atoms with E-state index in [1.807, 2.05) is 0 Å². The third kappa shape index (κ3) is 6.95. The third-order valence-corrected chi connectivity index (χ3v) is 6.13. The highest BCUT2D eigenvalue weighted by atomic mass is 35.5. The predicted octanol–water partition coefficient (Wildman–Crippen LogP) is 4.48. The largest absolute Gasteiger partial charge is 0.481 e. The summed E-state index contributed by atoms with van der Waals surface area (Å²) in [6.07, 6.45) is 6.74. The molecule has 0 aromatic carbocycles. The molecule has 0 spiro atoms. The van der Waals surface area contributed by atoms with E-state index in [0.29, 0.717) is 39.7 Å². The fourth-order valence-electron chi connectivity index (χ4n) is 3.04. The zero-order valence-corrected chi connectivity index (χ0v) is 18.9. The standard InChI is InChI=1S/C20H21Cl2N3O5S/c21-14-8-23-9-15(22)13(14)10-31-20-24-16-5-3-4-12(16)19(25-20)30-11-29-18(28)7-2-1-6-17(26)27/h8-9H,1-7,10-11H2,(H,26,27). The molecule has 3 rings (SSSR count). The quantitative estimate of drug-likeness (QED) is 0.162. The summed E-state index contributed by atoms with van der Waals surface area (Å²) < 4.78 is 10.7. The lowest BCUT2D eigenvalue weighted by molar-refractivity contribution is -0.150. The number of aryl methyl sites for hydroxylation is 1. The van der Waals surface area contributed by atoms with E-state index in [1.54, 1.807) is 0 Å². The van der Waals surface area contributed by atoms with Gasteiger partial charge in [0.2, 0.25) is 12.7 Å². The number of pyridine rings is 1. The van der Waals surface area contributed by atoms with Crippen LogP contribution in [-0.4, -0.2) is 38.8 Å². The minimum absolute atomic E-state index is 0.0349. The highest BCUT2D eigenvalue weighted by Crippen LogP contribution is 2.33. The molecule has 8 nitrogen and oxygen atoms in total. The van der Waals surface area contributed by atoms with Gasteiger partial charge in [0, 0.05) is 42.1 Å². The molecular formula is C20H21Cl2N3O5S. The number of nitrogens with zero attached hydrogens (tertiary/aromatic N) is 3. The Morgan fingerprint density at radius 2 is 1.84 bits per heavy atom. The highest BCUT2D eigenvalue weighted by molar-refractivity contribution is 7.98. The Labute approximate surface area is 193 Å². The minimum Gasteiger partial charge on any atom is -0.481 e. The van der Waals surface area contributed by atoms with Gasteiger partial charge in [0.25, 0.3) is 0 Å². The fraction of sp³-hybridized carbons (Fsp3) is 0.450. The van der Waals surface area contributed by atoms with Gasteiger partial charge in [-0.1, -0.05) is 35.0 Å². The van der Waals surface area contributed by atoms with Crippen molar-refractivity contribution >= 4 is 46.9 Å². The summed E-state index contributed by atoms with van der Waals surface area (Å²) in [5, 5.41) is 10.1. The van der Waals surface area contributed by atoms with E-state index >= 15 is 0 Å². The van der Waals surface area contributed by atoms with Crippen LogP contribution in [0.25, 0.3) is 0 Å². The molecule has 0 fully saturated rings. The Kier molecular flexibility index (Phi) is 8.74. The number of rotatable bonds is 11. The van der Waals surface area contributed by atoms with E-state index in [9.17, 15) is 9.59 Å². The Balaban J connectivity index is 1.56. The summed E-state index contributed by atoms with van der Waals surface area (Å²) in [6, 6.07) is 0. The zero-order chi connectivity index (χ0) is 22.2. The number of thioether (sulfide) groups is 1. The molecule has 2 aromatic rings.